The third-order valence-corrected chi connectivity index (χ3v) is 1.86. The number of hydrogen-bond donors (Lipinski definition) is 0. The zero-order valence-electron chi connectivity index (χ0n) is 8.45. The van der Waals surface area contributed by atoms with Gasteiger partial charge in [-0.3, -0.25) is 4.79 Å². The second-order valence-corrected chi connectivity index (χ2v) is 3.44. The Hall–Kier alpha value is -0.780. The summed E-state index contributed by atoms with van der Waals surface area (Å²) in [5.41, 5.74) is 0. The van der Waals surface area contributed by atoms with E-state index in [2.05, 4.69) is 25.8 Å². The number of oxime groups is 1. The largest absolute Gasteiger partial charge is 0.479 e. The molecule has 0 aromatic heterocycles. The summed E-state index contributed by atoms with van der Waals surface area (Å²) in [6.45, 7) is 4.16. The van der Waals surface area contributed by atoms with Gasteiger partial charge in [0.05, 0.1) is 13.7 Å². The van der Waals surface area contributed by atoms with Crippen molar-refractivity contribution >= 4 is 27.8 Å². The third-order valence-electron chi connectivity index (χ3n) is 1.22. The van der Waals surface area contributed by atoms with Gasteiger partial charge in [-0.2, -0.15) is 0 Å². The molecule has 0 spiro atoms. The van der Waals surface area contributed by atoms with Crippen molar-refractivity contribution in [3.8, 4) is 0 Å². The summed E-state index contributed by atoms with van der Waals surface area (Å²) >= 11 is 3.08. The van der Waals surface area contributed by atoms with Gasteiger partial charge in [0.1, 0.15) is 11.4 Å². The van der Waals surface area contributed by atoms with Gasteiger partial charge >= 0.3 is 5.97 Å². The van der Waals surface area contributed by atoms with E-state index in [-0.39, 0.29) is 6.61 Å². The molecular formula is C8H14BrNO4. The molecule has 0 aliphatic carbocycles. The van der Waals surface area contributed by atoms with Crippen LogP contribution in [0.4, 0.5) is 0 Å². The highest BCUT2D eigenvalue weighted by molar-refractivity contribution is 9.10. The molecule has 0 aromatic carbocycles. The molecule has 0 aliphatic rings. The highest BCUT2D eigenvalue weighted by atomic mass is 79.9. The molecule has 1 atom stereocenters. The van der Waals surface area contributed by atoms with E-state index >= 15 is 0 Å². The van der Waals surface area contributed by atoms with Gasteiger partial charge < -0.3 is 14.3 Å². The van der Waals surface area contributed by atoms with Gasteiger partial charge in [-0.1, -0.05) is 21.1 Å². The van der Waals surface area contributed by atoms with E-state index in [4.69, 9.17) is 9.57 Å². The maximum absolute atomic E-state index is 10.9. The molecule has 6 heteroatoms. The number of ether oxygens (including phenoxy) is 2. The first-order chi connectivity index (χ1) is 6.61. The average Bonchev–Trinajstić information content (AvgIpc) is 2.16. The standard InChI is InChI=1S/C8H14BrNO4/c1-4-13-6(2)10-14-5-7(9)8(11)12-3/h7H,4-5H2,1-3H3. The molecule has 0 N–H and O–H groups in total. The van der Waals surface area contributed by atoms with Crippen LogP contribution in [-0.4, -0.2) is 37.0 Å². The summed E-state index contributed by atoms with van der Waals surface area (Å²) in [5, 5.41) is 3.63. The maximum Gasteiger partial charge on any atom is 0.323 e. The van der Waals surface area contributed by atoms with Gasteiger partial charge in [-0.15, -0.1) is 0 Å². The number of halogens is 1. The Morgan fingerprint density at radius 2 is 2.21 bits per heavy atom. The number of alkyl halides is 1. The molecule has 0 rings (SSSR count). The lowest BCUT2D eigenvalue weighted by Crippen LogP contribution is -2.20. The number of hydrogen-bond acceptors (Lipinski definition) is 5. The zero-order chi connectivity index (χ0) is 11.0. The van der Waals surface area contributed by atoms with Gasteiger partial charge in [-0.05, 0) is 6.92 Å². The summed E-state index contributed by atoms with van der Waals surface area (Å²) in [5.74, 6) is 0.0336. The van der Waals surface area contributed by atoms with Crippen LogP contribution in [-0.2, 0) is 19.1 Å². The first-order valence-corrected chi connectivity index (χ1v) is 5.04. The number of carbonyl (C=O) groups is 1. The molecule has 0 bridgehead atoms. The normalized spacial score (nSPS) is 13.3. The Bertz CT molecular complexity index is 208. The van der Waals surface area contributed by atoms with Gasteiger partial charge in [0.15, 0.2) is 0 Å². The second-order valence-electron chi connectivity index (χ2n) is 2.33. The lowest BCUT2D eigenvalue weighted by molar-refractivity contribution is -0.140. The van der Waals surface area contributed by atoms with Crippen molar-refractivity contribution in [2.75, 3.05) is 20.3 Å². The van der Waals surface area contributed by atoms with E-state index < -0.39 is 10.8 Å². The van der Waals surface area contributed by atoms with Crippen molar-refractivity contribution in [1.82, 2.24) is 0 Å². The fourth-order valence-corrected chi connectivity index (χ4v) is 0.930. The van der Waals surface area contributed by atoms with Crippen molar-refractivity contribution in [2.45, 2.75) is 18.7 Å². The van der Waals surface area contributed by atoms with E-state index in [0.29, 0.717) is 12.5 Å². The summed E-state index contributed by atoms with van der Waals surface area (Å²) in [6, 6.07) is 0. The van der Waals surface area contributed by atoms with Gasteiger partial charge in [0.25, 0.3) is 0 Å². The highest BCUT2D eigenvalue weighted by Crippen LogP contribution is 2.02. The summed E-state index contributed by atoms with van der Waals surface area (Å²) < 4.78 is 9.48. The molecule has 0 aromatic rings. The van der Waals surface area contributed by atoms with Crippen molar-refractivity contribution in [1.29, 1.82) is 0 Å². The van der Waals surface area contributed by atoms with E-state index in [1.807, 2.05) is 6.92 Å². The Morgan fingerprint density at radius 1 is 1.57 bits per heavy atom. The van der Waals surface area contributed by atoms with Crippen LogP contribution >= 0.6 is 15.9 Å². The average molecular weight is 268 g/mol. The molecule has 5 nitrogen and oxygen atoms in total. The maximum atomic E-state index is 10.9. The zero-order valence-corrected chi connectivity index (χ0v) is 10.0. The first kappa shape index (κ1) is 13.2. The minimum Gasteiger partial charge on any atom is -0.479 e. The Morgan fingerprint density at radius 3 is 2.71 bits per heavy atom. The predicted octanol–water partition coefficient (Wildman–Crippen LogP) is 1.31. The Kier molecular flexibility index (Phi) is 7.18. The minimum atomic E-state index is -0.509. The topological polar surface area (TPSA) is 57.1 Å². The predicted molar refractivity (Wildman–Crippen MR) is 55.4 cm³/mol. The van der Waals surface area contributed by atoms with Crippen molar-refractivity contribution in [3.05, 3.63) is 0 Å². The smallest absolute Gasteiger partial charge is 0.323 e. The van der Waals surface area contributed by atoms with Crippen LogP contribution in [0.3, 0.4) is 0 Å². The Labute approximate surface area is 91.5 Å². The van der Waals surface area contributed by atoms with E-state index in [1.54, 1.807) is 6.92 Å². The quantitative estimate of drug-likeness (QED) is 0.248. The molecule has 0 aliphatic heterocycles. The monoisotopic (exact) mass is 267 g/mol. The molecular weight excluding hydrogens is 254 g/mol. The number of rotatable bonds is 5. The van der Waals surface area contributed by atoms with Crippen molar-refractivity contribution in [3.63, 3.8) is 0 Å². The number of esters is 1. The molecule has 0 radical (unpaired) electrons. The third kappa shape index (κ3) is 5.80. The summed E-state index contributed by atoms with van der Waals surface area (Å²) in [7, 11) is 1.31. The number of carbonyl (C=O) groups excluding carboxylic acids is 1. The molecule has 0 amide bonds. The van der Waals surface area contributed by atoms with E-state index in [9.17, 15) is 4.79 Å². The molecule has 0 heterocycles. The fourth-order valence-electron chi connectivity index (χ4n) is 0.625. The number of nitrogens with zero attached hydrogens (tertiary/aromatic N) is 1. The van der Waals surface area contributed by atoms with Crippen LogP contribution in [0.1, 0.15) is 13.8 Å². The summed E-state index contributed by atoms with van der Waals surface area (Å²) in [4.78, 5) is 15.2. The molecule has 0 fully saturated rings. The first-order valence-electron chi connectivity index (χ1n) is 4.13. The van der Waals surface area contributed by atoms with Gasteiger partial charge in [0, 0.05) is 6.92 Å². The van der Waals surface area contributed by atoms with Gasteiger partial charge in [-0.25, -0.2) is 0 Å². The SMILES string of the molecule is CCOC(C)=NOCC(Br)C(=O)OC. The van der Waals surface area contributed by atoms with Crippen LogP contribution in [0.25, 0.3) is 0 Å². The molecule has 0 saturated carbocycles. The van der Waals surface area contributed by atoms with Crippen LogP contribution in [0, 0.1) is 0 Å². The minimum absolute atomic E-state index is 0.108. The second kappa shape index (κ2) is 7.61. The van der Waals surface area contributed by atoms with Gasteiger partial charge in [0.2, 0.25) is 5.90 Å². The number of methoxy groups -OCH3 is 1. The van der Waals surface area contributed by atoms with E-state index in [0.717, 1.165) is 0 Å². The molecule has 82 valence electrons. The highest BCUT2D eigenvalue weighted by Gasteiger charge is 2.15. The fraction of sp³-hybridized carbons (Fsp3) is 0.750. The van der Waals surface area contributed by atoms with Crippen molar-refractivity contribution < 1.29 is 19.1 Å². The molecule has 0 saturated heterocycles. The van der Waals surface area contributed by atoms with Crippen LogP contribution in [0.5, 0.6) is 0 Å². The Balaban J connectivity index is 3.72. The molecule has 1 unspecified atom stereocenters. The molecule has 14 heavy (non-hydrogen) atoms. The lowest BCUT2D eigenvalue weighted by atomic mass is 10.5. The van der Waals surface area contributed by atoms with E-state index in [1.165, 1.54) is 7.11 Å². The van der Waals surface area contributed by atoms with Crippen LogP contribution in [0.2, 0.25) is 0 Å². The van der Waals surface area contributed by atoms with Crippen LogP contribution in [0.15, 0.2) is 5.16 Å². The van der Waals surface area contributed by atoms with Crippen LogP contribution < -0.4 is 0 Å². The lowest BCUT2D eigenvalue weighted by Gasteiger charge is -2.06. The van der Waals surface area contributed by atoms with Crippen molar-refractivity contribution in [2.24, 2.45) is 5.16 Å². The summed E-state index contributed by atoms with van der Waals surface area (Å²) in [6.07, 6.45) is 0.